The number of hydrogen-bond donors (Lipinski definition) is 1. The van der Waals surface area contributed by atoms with Crippen molar-refractivity contribution in [2.75, 3.05) is 19.7 Å². The van der Waals surface area contributed by atoms with E-state index in [-0.39, 0.29) is 43.2 Å². The summed E-state index contributed by atoms with van der Waals surface area (Å²) >= 11 is 0. The Bertz CT molecular complexity index is 1030. The molecule has 1 amide bonds. The average Bonchev–Trinajstić information content (AvgIpc) is 3.16. The molecule has 33 heavy (non-hydrogen) atoms. The van der Waals surface area contributed by atoms with Crippen molar-refractivity contribution < 1.29 is 40.3 Å². The van der Waals surface area contributed by atoms with Gasteiger partial charge in [-0.25, -0.2) is 4.39 Å². The summed E-state index contributed by atoms with van der Waals surface area (Å²) < 4.78 is 98.0. The van der Waals surface area contributed by atoms with E-state index in [4.69, 9.17) is 4.74 Å². The summed E-state index contributed by atoms with van der Waals surface area (Å²) in [5, 5.41) is 6.51. The summed E-state index contributed by atoms with van der Waals surface area (Å²) in [6.45, 7) is 0.310. The summed E-state index contributed by atoms with van der Waals surface area (Å²) in [5.74, 6) is -0.789. The van der Waals surface area contributed by atoms with Crippen LogP contribution in [0, 0.1) is 0 Å². The minimum Gasteiger partial charge on any atom is -0.491 e. The Kier molecular flexibility index (Phi) is 6.01. The number of ether oxygens (including phenoxy) is 1. The van der Waals surface area contributed by atoms with Gasteiger partial charge in [0.2, 0.25) is 0 Å². The van der Waals surface area contributed by atoms with Crippen LogP contribution >= 0.6 is 0 Å². The molecule has 2 aliphatic heterocycles. The first-order chi connectivity index (χ1) is 15.4. The van der Waals surface area contributed by atoms with Gasteiger partial charge in [0.1, 0.15) is 12.4 Å². The van der Waals surface area contributed by atoms with Crippen molar-refractivity contribution in [1.82, 2.24) is 20.0 Å². The Labute approximate surface area is 183 Å². The number of amides is 1. The molecule has 2 aromatic rings. The van der Waals surface area contributed by atoms with Crippen LogP contribution in [-0.2, 0) is 19.3 Å². The lowest BCUT2D eigenvalue weighted by atomic mass is 9.98. The molecule has 0 saturated heterocycles. The van der Waals surface area contributed by atoms with Crippen LogP contribution in [0.5, 0.6) is 5.75 Å². The molecule has 13 heteroatoms. The van der Waals surface area contributed by atoms with E-state index in [1.165, 1.54) is 10.7 Å². The molecule has 1 N–H and O–H groups in total. The summed E-state index contributed by atoms with van der Waals surface area (Å²) in [6, 6.07) is 2.65. The first kappa shape index (κ1) is 23.3. The molecule has 0 fully saturated rings. The second-order valence-corrected chi connectivity index (χ2v) is 7.93. The number of nitrogens with zero attached hydrogens (tertiary/aromatic N) is 3. The Hall–Kier alpha value is -2.83. The molecule has 6 nitrogen and oxygen atoms in total. The van der Waals surface area contributed by atoms with Gasteiger partial charge in [0.25, 0.3) is 5.91 Å². The van der Waals surface area contributed by atoms with Crippen LogP contribution in [-0.4, -0.2) is 52.5 Å². The number of halogens is 7. The van der Waals surface area contributed by atoms with Crippen molar-refractivity contribution in [1.29, 1.82) is 0 Å². The number of alkyl halides is 7. The van der Waals surface area contributed by atoms with Crippen molar-refractivity contribution in [3.8, 4) is 5.75 Å². The second-order valence-electron chi connectivity index (χ2n) is 7.93. The molecule has 1 aromatic heterocycles. The highest BCUT2D eigenvalue weighted by Gasteiger charge is 2.37. The average molecular weight is 480 g/mol. The third-order valence-electron chi connectivity index (χ3n) is 5.54. The third kappa shape index (κ3) is 5.23. The van der Waals surface area contributed by atoms with E-state index in [9.17, 15) is 35.5 Å². The van der Waals surface area contributed by atoms with E-state index in [0.717, 1.165) is 12.1 Å². The quantitative estimate of drug-likeness (QED) is 0.676. The fourth-order valence-corrected chi connectivity index (χ4v) is 3.82. The zero-order valence-electron chi connectivity index (χ0n) is 17.0. The number of fused-ring (bicyclic) bond motifs is 2. The van der Waals surface area contributed by atoms with Gasteiger partial charge in [0.15, 0.2) is 11.9 Å². The van der Waals surface area contributed by atoms with Crippen LogP contribution in [0.2, 0.25) is 0 Å². The van der Waals surface area contributed by atoms with Crippen LogP contribution in [0.25, 0.3) is 0 Å². The van der Waals surface area contributed by atoms with Gasteiger partial charge >= 0.3 is 12.4 Å². The van der Waals surface area contributed by atoms with Crippen molar-refractivity contribution in [3.05, 3.63) is 46.8 Å². The molecule has 1 unspecified atom stereocenters. The Balaban J connectivity index is 1.42. The Morgan fingerprint density at radius 1 is 1.15 bits per heavy atom. The number of nitrogens with one attached hydrogen (secondary N) is 1. The molecule has 2 atom stereocenters. The van der Waals surface area contributed by atoms with E-state index in [1.807, 2.05) is 0 Å². The monoisotopic (exact) mass is 480 g/mol. The lowest BCUT2D eigenvalue weighted by molar-refractivity contribution is -0.139. The van der Waals surface area contributed by atoms with Gasteiger partial charge in [-0.05, 0) is 24.3 Å². The SMILES string of the molecule is O=C(N[C@H]1COc2ccc(C(F)(F)F)cc2C1F)c1cc2n(n1)CCN(CCC(F)(F)F)C2. The number of aromatic nitrogens is 2. The van der Waals surface area contributed by atoms with Gasteiger partial charge < -0.3 is 10.1 Å². The molecule has 180 valence electrons. The van der Waals surface area contributed by atoms with Crippen LogP contribution < -0.4 is 10.1 Å². The lowest BCUT2D eigenvalue weighted by Crippen LogP contribution is -2.44. The van der Waals surface area contributed by atoms with E-state index in [0.29, 0.717) is 18.3 Å². The number of hydrogen-bond acceptors (Lipinski definition) is 4. The maximum Gasteiger partial charge on any atom is 0.416 e. The fourth-order valence-electron chi connectivity index (χ4n) is 3.82. The third-order valence-corrected chi connectivity index (χ3v) is 5.54. The molecule has 3 heterocycles. The highest BCUT2D eigenvalue weighted by Crippen LogP contribution is 2.39. The summed E-state index contributed by atoms with van der Waals surface area (Å²) in [7, 11) is 0. The number of carbonyl (C=O) groups excluding carboxylic acids is 1. The normalized spacial score (nSPS) is 21.2. The van der Waals surface area contributed by atoms with E-state index in [2.05, 4.69) is 10.4 Å². The van der Waals surface area contributed by atoms with E-state index >= 15 is 0 Å². The minimum atomic E-state index is -4.66. The highest BCUT2D eigenvalue weighted by molar-refractivity contribution is 5.92. The molecular weight excluding hydrogens is 461 g/mol. The predicted octanol–water partition coefficient (Wildman–Crippen LogP) is 3.87. The minimum absolute atomic E-state index is 0.0302. The van der Waals surface area contributed by atoms with Crippen molar-refractivity contribution in [2.45, 2.75) is 44.1 Å². The summed E-state index contributed by atoms with van der Waals surface area (Å²) in [6.07, 6.45) is -11.8. The first-order valence-electron chi connectivity index (χ1n) is 10.1. The van der Waals surface area contributed by atoms with Crippen LogP contribution in [0.15, 0.2) is 24.3 Å². The smallest absolute Gasteiger partial charge is 0.416 e. The largest absolute Gasteiger partial charge is 0.491 e. The highest BCUT2D eigenvalue weighted by atomic mass is 19.4. The van der Waals surface area contributed by atoms with Gasteiger partial charge in [-0.15, -0.1) is 0 Å². The van der Waals surface area contributed by atoms with Gasteiger partial charge in [-0.2, -0.15) is 31.4 Å². The molecule has 2 aliphatic rings. The van der Waals surface area contributed by atoms with Crippen molar-refractivity contribution in [3.63, 3.8) is 0 Å². The van der Waals surface area contributed by atoms with Crippen LogP contribution in [0.4, 0.5) is 30.7 Å². The number of carbonyl (C=O) groups is 1. The van der Waals surface area contributed by atoms with Crippen LogP contribution in [0.1, 0.15) is 39.9 Å². The maximum absolute atomic E-state index is 15.0. The second kappa shape index (κ2) is 8.50. The standard InChI is InChI=1S/C20H19F7N4O2/c21-17-13-7-11(20(25,26)27)1-2-16(13)33-10-15(17)28-18(32)14-8-12-9-30(4-3-19(22,23)24)5-6-31(12)29-14/h1-2,7-8,15,17H,3-6,9-10H2,(H,28,32)/t15-,17?/m0/s1. The Morgan fingerprint density at radius 2 is 1.91 bits per heavy atom. The first-order valence-corrected chi connectivity index (χ1v) is 10.1. The van der Waals surface area contributed by atoms with E-state index in [1.54, 1.807) is 4.90 Å². The zero-order chi connectivity index (χ0) is 24.0. The van der Waals surface area contributed by atoms with Crippen molar-refractivity contribution >= 4 is 5.91 Å². The number of benzene rings is 1. The molecular formula is C20H19F7N4O2. The van der Waals surface area contributed by atoms with Gasteiger partial charge in [0.05, 0.1) is 30.3 Å². The lowest BCUT2D eigenvalue weighted by Gasteiger charge is -2.29. The van der Waals surface area contributed by atoms with Crippen molar-refractivity contribution in [2.24, 2.45) is 0 Å². The number of rotatable bonds is 4. The molecule has 0 aliphatic carbocycles. The van der Waals surface area contributed by atoms with Gasteiger partial charge in [-0.3, -0.25) is 14.4 Å². The Morgan fingerprint density at radius 3 is 2.61 bits per heavy atom. The van der Waals surface area contributed by atoms with Gasteiger partial charge in [-0.1, -0.05) is 0 Å². The zero-order valence-corrected chi connectivity index (χ0v) is 17.0. The predicted molar refractivity (Wildman–Crippen MR) is 100 cm³/mol. The fraction of sp³-hybridized carbons (Fsp3) is 0.500. The molecule has 0 saturated carbocycles. The molecule has 0 bridgehead atoms. The van der Waals surface area contributed by atoms with Crippen LogP contribution in [0.3, 0.4) is 0 Å². The molecule has 4 rings (SSSR count). The van der Waals surface area contributed by atoms with E-state index < -0.39 is 42.5 Å². The molecule has 0 radical (unpaired) electrons. The molecule has 0 spiro atoms. The maximum atomic E-state index is 15.0. The van der Waals surface area contributed by atoms with Gasteiger partial charge in [0, 0.05) is 25.2 Å². The summed E-state index contributed by atoms with van der Waals surface area (Å²) in [4.78, 5) is 14.2. The summed E-state index contributed by atoms with van der Waals surface area (Å²) in [5.41, 5.74) is -0.878. The molecule has 1 aromatic carbocycles. The topological polar surface area (TPSA) is 59.4 Å².